The SMILES string of the molecule is [CH2-]CCCCCCCCCCC.[Na+].c1ccccc1. The fourth-order valence-corrected chi connectivity index (χ4v) is 1.87. The minimum Gasteiger partial charge on any atom is -0.343 e. The minimum atomic E-state index is 0. The average Bonchev–Trinajstić information content (AvgIpc) is 2.44. The Morgan fingerprint density at radius 1 is 0.579 bits per heavy atom. The number of rotatable bonds is 9. The number of unbranched alkanes of at least 4 members (excludes halogenated alkanes) is 9. The summed E-state index contributed by atoms with van der Waals surface area (Å²) in [5.41, 5.74) is 0. The van der Waals surface area contributed by atoms with Crippen molar-refractivity contribution in [2.24, 2.45) is 0 Å². The van der Waals surface area contributed by atoms with E-state index in [1.54, 1.807) is 0 Å². The molecule has 0 amide bonds. The molecule has 0 saturated heterocycles. The number of hydrogen-bond acceptors (Lipinski definition) is 0. The molecule has 0 fully saturated rings. The molecule has 0 unspecified atom stereocenters. The van der Waals surface area contributed by atoms with Crippen LogP contribution in [0.5, 0.6) is 0 Å². The van der Waals surface area contributed by atoms with Crippen molar-refractivity contribution in [2.45, 2.75) is 71.1 Å². The van der Waals surface area contributed by atoms with Crippen LogP contribution in [-0.2, 0) is 0 Å². The first kappa shape index (κ1) is 21.5. The van der Waals surface area contributed by atoms with Crippen LogP contribution in [0.25, 0.3) is 0 Å². The Bertz CT molecular complexity index is 184. The zero-order valence-corrected chi connectivity index (χ0v) is 15.2. The van der Waals surface area contributed by atoms with Gasteiger partial charge in [0.05, 0.1) is 0 Å². The summed E-state index contributed by atoms with van der Waals surface area (Å²) in [6.07, 6.45) is 13.9. The predicted molar refractivity (Wildman–Crippen MR) is 83.6 cm³/mol. The van der Waals surface area contributed by atoms with Gasteiger partial charge < -0.3 is 6.92 Å². The van der Waals surface area contributed by atoms with E-state index in [0.717, 1.165) is 6.42 Å². The normalized spacial score (nSPS) is 9.16. The van der Waals surface area contributed by atoms with Gasteiger partial charge in [0.1, 0.15) is 0 Å². The predicted octanol–water partition coefficient (Wildman–Crippen LogP) is 3.43. The molecule has 1 aromatic rings. The Labute approximate surface area is 143 Å². The van der Waals surface area contributed by atoms with Crippen LogP contribution in [0.3, 0.4) is 0 Å². The summed E-state index contributed by atoms with van der Waals surface area (Å²) in [6, 6.07) is 12.0. The van der Waals surface area contributed by atoms with Gasteiger partial charge in [0, 0.05) is 0 Å². The van der Waals surface area contributed by atoms with Gasteiger partial charge in [-0.05, 0) is 0 Å². The van der Waals surface area contributed by atoms with Gasteiger partial charge in [-0.25, -0.2) is 0 Å². The third kappa shape index (κ3) is 20.7. The smallest absolute Gasteiger partial charge is 0.343 e. The first-order valence-corrected chi connectivity index (χ1v) is 7.71. The zero-order valence-electron chi connectivity index (χ0n) is 13.2. The molecule has 1 rings (SSSR count). The van der Waals surface area contributed by atoms with Crippen LogP contribution < -0.4 is 29.6 Å². The number of hydrogen-bond donors (Lipinski definition) is 0. The van der Waals surface area contributed by atoms with Gasteiger partial charge in [-0.3, -0.25) is 0 Å². The van der Waals surface area contributed by atoms with Gasteiger partial charge in [-0.15, -0.1) is 0 Å². The summed E-state index contributed by atoms with van der Waals surface area (Å²) in [5, 5.41) is 0. The van der Waals surface area contributed by atoms with E-state index in [0.29, 0.717) is 0 Å². The molecule has 0 N–H and O–H groups in total. The minimum absolute atomic E-state index is 0. The van der Waals surface area contributed by atoms with Crippen LogP contribution in [0.1, 0.15) is 71.1 Å². The molecule has 0 heterocycles. The van der Waals surface area contributed by atoms with Crippen LogP contribution in [0.15, 0.2) is 36.4 Å². The molecule has 0 aliphatic carbocycles. The van der Waals surface area contributed by atoms with E-state index in [1.807, 2.05) is 36.4 Å². The van der Waals surface area contributed by atoms with Crippen molar-refractivity contribution in [2.75, 3.05) is 0 Å². The molecule has 0 aliphatic heterocycles. The van der Waals surface area contributed by atoms with E-state index in [9.17, 15) is 0 Å². The van der Waals surface area contributed by atoms with Gasteiger partial charge in [0.25, 0.3) is 0 Å². The summed E-state index contributed by atoms with van der Waals surface area (Å²) < 4.78 is 0. The van der Waals surface area contributed by atoms with Gasteiger partial charge in [0.15, 0.2) is 0 Å². The summed E-state index contributed by atoms with van der Waals surface area (Å²) in [7, 11) is 0. The van der Waals surface area contributed by atoms with E-state index < -0.39 is 0 Å². The first-order chi connectivity index (χ1) is 8.91. The van der Waals surface area contributed by atoms with E-state index in [1.165, 1.54) is 57.8 Å². The molecule has 0 bridgehead atoms. The topological polar surface area (TPSA) is 0 Å². The Hall–Kier alpha value is 0.220. The van der Waals surface area contributed by atoms with E-state index in [-0.39, 0.29) is 29.6 Å². The van der Waals surface area contributed by atoms with Crippen LogP contribution in [0, 0.1) is 6.92 Å². The molecule has 0 radical (unpaired) electrons. The third-order valence-corrected chi connectivity index (χ3v) is 3.02. The van der Waals surface area contributed by atoms with Crippen LogP contribution in [-0.4, -0.2) is 0 Å². The molecule has 0 atom stereocenters. The number of benzene rings is 1. The van der Waals surface area contributed by atoms with Crippen molar-refractivity contribution >= 4 is 0 Å². The van der Waals surface area contributed by atoms with Crippen molar-refractivity contribution in [1.29, 1.82) is 0 Å². The van der Waals surface area contributed by atoms with Crippen LogP contribution in [0.2, 0.25) is 0 Å². The molecule has 0 saturated carbocycles. The van der Waals surface area contributed by atoms with E-state index in [2.05, 4.69) is 13.8 Å². The van der Waals surface area contributed by atoms with Gasteiger partial charge >= 0.3 is 29.6 Å². The van der Waals surface area contributed by atoms with Gasteiger partial charge in [0.2, 0.25) is 0 Å². The quantitative estimate of drug-likeness (QED) is 0.366. The molecule has 19 heavy (non-hydrogen) atoms. The maximum absolute atomic E-state index is 3.84. The van der Waals surface area contributed by atoms with Crippen LogP contribution >= 0.6 is 0 Å². The summed E-state index contributed by atoms with van der Waals surface area (Å²) in [4.78, 5) is 0. The molecular formula is C18H31Na. The Kier molecular flexibility index (Phi) is 23.3. The Balaban J connectivity index is 0. The third-order valence-electron chi connectivity index (χ3n) is 3.02. The average molecular weight is 270 g/mol. The molecule has 0 aliphatic rings. The second-order valence-electron chi connectivity index (χ2n) is 4.84. The Morgan fingerprint density at radius 3 is 1.21 bits per heavy atom. The second kappa shape index (κ2) is 20.5. The van der Waals surface area contributed by atoms with Crippen LogP contribution in [0.4, 0.5) is 0 Å². The maximum atomic E-state index is 3.84. The first-order valence-electron chi connectivity index (χ1n) is 7.71. The van der Waals surface area contributed by atoms with E-state index in [4.69, 9.17) is 0 Å². The van der Waals surface area contributed by atoms with Gasteiger partial charge in [-0.1, -0.05) is 101 Å². The fourth-order valence-electron chi connectivity index (χ4n) is 1.87. The standard InChI is InChI=1S/C12H25.C6H6.Na/c1-3-5-7-9-11-12-10-8-6-4-2;1-2-4-6-5-3-1;/h1,3-12H2,2H3;1-6H;/q-1;;+1. The monoisotopic (exact) mass is 270 g/mol. The molecule has 0 nitrogen and oxygen atoms in total. The van der Waals surface area contributed by atoms with Crippen molar-refractivity contribution in [3.05, 3.63) is 43.3 Å². The molecule has 1 heteroatoms. The van der Waals surface area contributed by atoms with E-state index >= 15 is 0 Å². The van der Waals surface area contributed by atoms with Gasteiger partial charge in [-0.2, -0.15) is 6.42 Å². The summed E-state index contributed by atoms with van der Waals surface area (Å²) in [6.45, 7) is 6.12. The molecule has 0 aromatic heterocycles. The summed E-state index contributed by atoms with van der Waals surface area (Å²) in [5.74, 6) is 0. The maximum Gasteiger partial charge on any atom is 1.00 e. The Morgan fingerprint density at radius 2 is 0.895 bits per heavy atom. The molecular weight excluding hydrogens is 239 g/mol. The van der Waals surface area contributed by atoms with Crippen molar-refractivity contribution in [3.8, 4) is 0 Å². The van der Waals surface area contributed by atoms with Crippen molar-refractivity contribution in [3.63, 3.8) is 0 Å². The second-order valence-corrected chi connectivity index (χ2v) is 4.84. The summed E-state index contributed by atoms with van der Waals surface area (Å²) >= 11 is 0. The molecule has 1 aromatic carbocycles. The van der Waals surface area contributed by atoms with Crippen molar-refractivity contribution in [1.82, 2.24) is 0 Å². The molecule has 0 spiro atoms. The fraction of sp³-hybridized carbons (Fsp3) is 0.611. The zero-order chi connectivity index (χ0) is 13.3. The molecule has 104 valence electrons. The van der Waals surface area contributed by atoms with Crippen molar-refractivity contribution < 1.29 is 29.6 Å². The largest absolute Gasteiger partial charge is 1.00 e.